The van der Waals surface area contributed by atoms with Crippen LogP contribution in [0.1, 0.15) is 29.8 Å². The molecule has 3 aliphatic heterocycles. The number of hydrogen-bond donors (Lipinski definition) is 1. The molecule has 1 aromatic heterocycles. The molecule has 4 heterocycles. The molecule has 202 valence electrons. The first-order valence-electron chi connectivity index (χ1n) is 13.2. The molecule has 39 heavy (non-hydrogen) atoms. The van der Waals surface area contributed by atoms with Crippen LogP contribution in [0.5, 0.6) is 0 Å². The minimum absolute atomic E-state index is 0.318. The number of halogens is 2. The summed E-state index contributed by atoms with van der Waals surface area (Å²) in [6.45, 7) is 11.9. The fraction of sp³-hybridized carbons (Fsp3) is 0.357. The van der Waals surface area contributed by atoms with Crippen LogP contribution in [0.25, 0.3) is 0 Å². The van der Waals surface area contributed by atoms with Crippen molar-refractivity contribution in [3.63, 3.8) is 0 Å². The minimum Gasteiger partial charge on any atom is -0.369 e. The molecule has 9 nitrogen and oxygen atoms in total. The van der Waals surface area contributed by atoms with Crippen molar-refractivity contribution < 1.29 is 4.79 Å². The lowest BCUT2D eigenvalue weighted by Gasteiger charge is -2.38. The van der Waals surface area contributed by atoms with E-state index in [2.05, 4.69) is 64.1 Å². The lowest BCUT2D eigenvalue weighted by molar-refractivity contribution is 0.1000. The number of aryl methyl sites for hydroxylation is 1. The molecule has 0 spiro atoms. The van der Waals surface area contributed by atoms with E-state index in [0.29, 0.717) is 58.2 Å². The number of fused-ring (bicyclic) bond motifs is 3. The monoisotopic (exact) mass is 564 g/mol. The van der Waals surface area contributed by atoms with Crippen molar-refractivity contribution in [2.75, 3.05) is 59.3 Å². The summed E-state index contributed by atoms with van der Waals surface area (Å²) in [5.41, 5.74) is 4.10. The highest BCUT2D eigenvalue weighted by molar-refractivity contribution is 6.43. The van der Waals surface area contributed by atoms with Crippen molar-refractivity contribution in [3.05, 3.63) is 63.8 Å². The summed E-state index contributed by atoms with van der Waals surface area (Å²) < 4.78 is 0. The fourth-order valence-electron chi connectivity index (χ4n) is 5.43. The molecule has 0 unspecified atom stereocenters. The second-order valence-electron chi connectivity index (χ2n) is 10.2. The van der Waals surface area contributed by atoms with E-state index < -0.39 is 0 Å². The molecule has 0 radical (unpaired) electrons. The van der Waals surface area contributed by atoms with Crippen molar-refractivity contribution in [1.29, 1.82) is 0 Å². The van der Waals surface area contributed by atoms with Crippen LogP contribution in [0.2, 0.25) is 10.0 Å². The first-order valence-corrected chi connectivity index (χ1v) is 13.9. The third kappa shape index (κ3) is 4.68. The summed E-state index contributed by atoms with van der Waals surface area (Å²) in [7, 11) is 0. The van der Waals surface area contributed by atoms with Crippen LogP contribution < -0.4 is 20.0 Å². The van der Waals surface area contributed by atoms with Gasteiger partial charge in [-0.15, -0.1) is 0 Å². The predicted molar refractivity (Wildman–Crippen MR) is 158 cm³/mol. The Bertz CT molecular complexity index is 1450. The fourth-order valence-corrected chi connectivity index (χ4v) is 6.00. The number of piperazine rings is 1. The molecule has 2 aromatic carbocycles. The number of rotatable bonds is 5. The van der Waals surface area contributed by atoms with Gasteiger partial charge in [0.1, 0.15) is 5.56 Å². The maximum Gasteiger partial charge on any atom is 0.270 e. The third-order valence-corrected chi connectivity index (χ3v) is 8.09. The Morgan fingerprint density at radius 3 is 2.44 bits per heavy atom. The zero-order valence-electron chi connectivity index (χ0n) is 22.2. The standard InChI is InChI=1S/C28H30Cl2N8O/c1-17(2)35-11-13-36(14-12-35)23-8-7-19(15-18(23)3)33-27-32-16-20-25(34-27)37-10-9-31-28(37)38(26(20)39)24-21(29)5-4-6-22(24)30/h4-8,15-17H,9-14H2,1-3H3,(H,32,33,34). The predicted octanol–water partition coefficient (Wildman–Crippen LogP) is 5.20. The number of aliphatic imine (C=N–C) groups is 1. The number of benzene rings is 2. The SMILES string of the molecule is Cc1cc(Nc2ncc3c(n2)N2CCN=C2N(c2c(Cl)cccc2Cl)C3=O)ccc1N1CCN(C(C)C)CC1. The number of aromatic nitrogens is 2. The Morgan fingerprint density at radius 2 is 1.74 bits per heavy atom. The quantitative estimate of drug-likeness (QED) is 0.456. The number of carbonyl (C=O) groups excluding carboxylic acids is 1. The van der Waals surface area contributed by atoms with E-state index in [1.54, 1.807) is 24.4 Å². The number of para-hydroxylation sites is 1. The van der Waals surface area contributed by atoms with Gasteiger partial charge >= 0.3 is 0 Å². The lowest BCUT2D eigenvalue weighted by atomic mass is 10.1. The van der Waals surface area contributed by atoms with Crippen molar-refractivity contribution in [2.45, 2.75) is 26.8 Å². The van der Waals surface area contributed by atoms with Gasteiger partial charge in [0.2, 0.25) is 11.9 Å². The van der Waals surface area contributed by atoms with E-state index in [-0.39, 0.29) is 5.91 Å². The first kappa shape index (κ1) is 25.9. The summed E-state index contributed by atoms with van der Waals surface area (Å²) in [4.78, 5) is 35.7. The molecule has 0 bridgehead atoms. The molecule has 1 amide bonds. The summed E-state index contributed by atoms with van der Waals surface area (Å²) in [6.07, 6.45) is 1.55. The molecular formula is C28H30Cl2N8O. The zero-order valence-corrected chi connectivity index (χ0v) is 23.7. The van der Waals surface area contributed by atoms with Crippen LogP contribution >= 0.6 is 23.2 Å². The van der Waals surface area contributed by atoms with Gasteiger partial charge in [-0.3, -0.25) is 19.6 Å². The van der Waals surface area contributed by atoms with Gasteiger partial charge in [-0.25, -0.2) is 9.88 Å². The summed E-state index contributed by atoms with van der Waals surface area (Å²) in [5.74, 6) is 1.07. The normalized spacial score (nSPS) is 17.4. The molecular weight excluding hydrogens is 535 g/mol. The van der Waals surface area contributed by atoms with E-state index >= 15 is 0 Å². The maximum absolute atomic E-state index is 13.6. The van der Waals surface area contributed by atoms with Crippen LogP contribution in [-0.4, -0.2) is 72.0 Å². The molecule has 3 aliphatic rings. The van der Waals surface area contributed by atoms with Gasteiger partial charge in [0.25, 0.3) is 5.91 Å². The van der Waals surface area contributed by atoms with Crippen LogP contribution in [0.15, 0.2) is 47.6 Å². The van der Waals surface area contributed by atoms with Crippen molar-refractivity contribution in [2.24, 2.45) is 4.99 Å². The summed E-state index contributed by atoms with van der Waals surface area (Å²) >= 11 is 12.9. The highest BCUT2D eigenvalue weighted by Crippen LogP contribution is 2.39. The molecule has 1 saturated heterocycles. The van der Waals surface area contributed by atoms with Gasteiger partial charge in [0, 0.05) is 56.3 Å². The van der Waals surface area contributed by atoms with Crippen LogP contribution in [0.4, 0.5) is 28.8 Å². The Labute approximate surface area is 238 Å². The number of nitrogens with zero attached hydrogens (tertiary/aromatic N) is 7. The van der Waals surface area contributed by atoms with Gasteiger partial charge < -0.3 is 10.2 Å². The number of hydrogen-bond acceptors (Lipinski definition) is 8. The van der Waals surface area contributed by atoms with Gasteiger partial charge in [0.05, 0.1) is 22.3 Å². The zero-order chi connectivity index (χ0) is 27.3. The van der Waals surface area contributed by atoms with Gasteiger partial charge in [-0.05, 0) is 56.7 Å². The van der Waals surface area contributed by atoms with Gasteiger partial charge in [-0.2, -0.15) is 4.98 Å². The van der Waals surface area contributed by atoms with E-state index in [0.717, 1.165) is 31.9 Å². The minimum atomic E-state index is -0.318. The molecule has 1 N–H and O–H groups in total. The second kappa shape index (κ2) is 10.3. The van der Waals surface area contributed by atoms with Crippen molar-refractivity contribution in [1.82, 2.24) is 14.9 Å². The van der Waals surface area contributed by atoms with Gasteiger partial charge in [0.15, 0.2) is 5.82 Å². The summed E-state index contributed by atoms with van der Waals surface area (Å²) in [6, 6.07) is 12.0. The smallest absolute Gasteiger partial charge is 0.270 e. The Balaban J connectivity index is 1.25. The van der Waals surface area contributed by atoms with Crippen molar-refractivity contribution >= 4 is 63.9 Å². The average Bonchev–Trinajstić information content (AvgIpc) is 3.40. The maximum atomic E-state index is 13.6. The number of nitrogens with one attached hydrogen (secondary N) is 1. The highest BCUT2D eigenvalue weighted by Gasteiger charge is 2.41. The van der Waals surface area contributed by atoms with E-state index in [1.807, 2.05) is 4.90 Å². The molecule has 1 fully saturated rings. The van der Waals surface area contributed by atoms with E-state index in [1.165, 1.54) is 16.2 Å². The number of guanidine groups is 1. The van der Waals surface area contributed by atoms with E-state index in [9.17, 15) is 4.79 Å². The topological polar surface area (TPSA) is 80.2 Å². The molecule has 0 atom stereocenters. The average molecular weight is 566 g/mol. The molecule has 0 saturated carbocycles. The Morgan fingerprint density at radius 1 is 1.00 bits per heavy atom. The lowest BCUT2D eigenvalue weighted by Crippen LogP contribution is -2.51. The van der Waals surface area contributed by atoms with Crippen LogP contribution in [-0.2, 0) is 0 Å². The van der Waals surface area contributed by atoms with Crippen LogP contribution in [0, 0.1) is 6.92 Å². The van der Waals surface area contributed by atoms with E-state index in [4.69, 9.17) is 28.2 Å². The highest BCUT2D eigenvalue weighted by atomic mass is 35.5. The number of anilines is 5. The number of carbonyl (C=O) groups is 1. The second-order valence-corrected chi connectivity index (χ2v) is 11.0. The van der Waals surface area contributed by atoms with Crippen LogP contribution in [0.3, 0.4) is 0 Å². The van der Waals surface area contributed by atoms with Crippen molar-refractivity contribution in [3.8, 4) is 0 Å². The Hall–Kier alpha value is -3.40. The molecule has 3 aromatic rings. The largest absolute Gasteiger partial charge is 0.369 e. The third-order valence-electron chi connectivity index (χ3n) is 7.48. The Kier molecular flexibility index (Phi) is 6.82. The molecule has 0 aliphatic carbocycles. The molecule has 11 heteroatoms. The first-order chi connectivity index (χ1) is 18.8. The molecule has 6 rings (SSSR count). The number of amides is 1. The van der Waals surface area contributed by atoms with Gasteiger partial charge in [-0.1, -0.05) is 29.3 Å². The summed E-state index contributed by atoms with van der Waals surface area (Å²) in [5, 5.41) is 4.06.